The van der Waals surface area contributed by atoms with E-state index in [2.05, 4.69) is 4.99 Å². The molecule has 1 amide bonds. The number of fused-ring (bicyclic) bond motifs is 3. The second-order valence-corrected chi connectivity index (χ2v) is 5.39. The van der Waals surface area contributed by atoms with E-state index in [4.69, 9.17) is 4.74 Å². The lowest BCUT2D eigenvalue weighted by Gasteiger charge is -2.19. The average molecular weight is 308 g/mol. The predicted molar refractivity (Wildman–Crippen MR) is 83.9 cm³/mol. The molecule has 0 saturated heterocycles. The third-order valence-corrected chi connectivity index (χ3v) is 3.93. The van der Waals surface area contributed by atoms with Crippen molar-refractivity contribution in [3.05, 3.63) is 78.0 Å². The van der Waals surface area contributed by atoms with Crippen LogP contribution in [0.1, 0.15) is 11.1 Å². The molecule has 1 atom stereocenters. The van der Waals surface area contributed by atoms with Crippen LogP contribution in [-0.4, -0.2) is 16.8 Å². The maximum absolute atomic E-state index is 15.2. The Kier molecular flexibility index (Phi) is 3.01. The molecule has 4 rings (SSSR count). The Labute approximate surface area is 132 Å². The first-order valence-electron chi connectivity index (χ1n) is 7.25. The van der Waals surface area contributed by atoms with Crippen molar-refractivity contribution in [3.63, 3.8) is 0 Å². The number of rotatable bonds is 2. The molecule has 0 radical (unpaired) electrons. The van der Waals surface area contributed by atoms with Crippen molar-refractivity contribution < 1.29 is 13.9 Å². The zero-order chi connectivity index (χ0) is 15.9. The first-order valence-corrected chi connectivity index (χ1v) is 7.25. The minimum absolute atomic E-state index is 0.0387. The van der Waals surface area contributed by atoms with Crippen molar-refractivity contribution >= 4 is 17.6 Å². The summed E-state index contributed by atoms with van der Waals surface area (Å²) in [5.41, 5.74) is -0.00506. The number of para-hydroxylation sites is 1. The number of halogens is 1. The Hall–Kier alpha value is -2.95. The van der Waals surface area contributed by atoms with E-state index in [1.54, 1.807) is 24.3 Å². The number of benzene rings is 2. The summed E-state index contributed by atoms with van der Waals surface area (Å²) in [5.74, 6) is 0.0387. The van der Waals surface area contributed by atoms with Gasteiger partial charge in [-0.05, 0) is 17.7 Å². The van der Waals surface area contributed by atoms with E-state index in [9.17, 15) is 4.79 Å². The van der Waals surface area contributed by atoms with Crippen molar-refractivity contribution in [2.45, 2.75) is 12.3 Å². The molecule has 0 aromatic heterocycles. The number of alkyl halides is 1. The van der Waals surface area contributed by atoms with E-state index in [1.807, 2.05) is 30.3 Å². The van der Waals surface area contributed by atoms with Crippen molar-refractivity contribution in [2.24, 2.45) is 4.99 Å². The monoisotopic (exact) mass is 308 g/mol. The maximum atomic E-state index is 15.2. The highest BCUT2D eigenvalue weighted by Crippen LogP contribution is 2.46. The highest BCUT2D eigenvalue weighted by molar-refractivity contribution is 6.09. The first kappa shape index (κ1) is 13.7. The number of aliphatic imine (C=N–C) groups is 1. The molecule has 0 spiro atoms. The van der Waals surface area contributed by atoms with Crippen molar-refractivity contribution in [1.29, 1.82) is 0 Å². The van der Waals surface area contributed by atoms with Gasteiger partial charge in [0.05, 0.1) is 5.69 Å². The molecule has 0 saturated carbocycles. The van der Waals surface area contributed by atoms with Crippen molar-refractivity contribution in [3.8, 4) is 0 Å². The highest BCUT2D eigenvalue weighted by atomic mass is 19.1. The summed E-state index contributed by atoms with van der Waals surface area (Å²) >= 11 is 0. The zero-order valence-corrected chi connectivity index (χ0v) is 12.1. The number of ether oxygens (including phenoxy) is 1. The fourth-order valence-corrected chi connectivity index (χ4v) is 2.77. The summed E-state index contributed by atoms with van der Waals surface area (Å²) in [6, 6.07) is 16.3. The summed E-state index contributed by atoms with van der Waals surface area (Å²) < 4.78 is 20.4. The number of nitrogens with zero attached hydrogens (tertiary/aromatic N) is 2. The van der Waals surface area contributed by atoms with Gasteiger partial charge in [-0.25, -0.2) is 19.1 Å². The summed E-state index contributed by atoms with van der Waals surface area (Å²) in [4.78, 5) is 17.6. The van der Waals surface area contributed by atoms with Gasteiger partial charge >= 0.3 is 6.09 Å². The van der Waals surface area contributed by atoms with Gasteiger partial charge in [0.1, 0.15) is 6.61 Å². The van der Waals surface area contributed by atoms with Gasteiger partial charge in [0.15, 0.2) is 5.84 Å². The Balaban J connectivity index is 1.54. The van der Waals surface area contributed by atoms with Gasteiger partial charge in [0, 0.05) is 11.8 Å². The topological polar surface area (TPSA) is 41.9 Å². The highest BCUT2D eigenvalue weighted by Gasteiger charge is 2.50. The minimum atomic E-state index is -1.86. The van der Waals surface area contributed by atoms with Crippen LogP contribution in [-0.2, 0) is 17.0 Å². The standard InChI is InChI=1S/C18H13FN2O2/c19-18-10-11-21(16(18)20-15-9-5-4-8-14(15)18)17(22)23-12-13-6-2-1-3-7-13/h1-11H,12H2/t18-/m1/s1. The van der Waals surface area contributed by atoms with Crippen LogP contribution in [0.25, 0.3) is 0 Å². The van der Waals surface area contributed by atoms with Gasteiger partial charge < -0.3 is 4.74 Å². The molecule has 2 aliphatic heterocycles. The molecule has 2 aromatic rings. The van der Waals surface area contributed by atoms with E-state index >= 15 is 4.39 Å². The maximum Gasteiger partial charge on any atom is 0.419 e. The Morgan fingerprint density at radius 3 is 2.70 bits per heavy atom. The van der Waals surface area contributed by atoms with Crippen LogP contribution in [0.5, 0.6) is 0 Å². The number of hydrogen-bond donors (Lipinski definition) is 0. The van der Waals surface area contributed by atoms with E-state index < -0.39 is 11.8 Å². The average Bonchev–Trinajstić information content (AvgIpc) is 3.06. The Morgan fingerprint density at radius 1 is 1.13 bits per heavy atom. The minimum Gasteiger partial charge on any atom is -0.444 e. The van der Waals surface area contributed by atoms with Crippen LogP contribution in [0.2, 0.25) is 0 Å². The summed E-state index contributed by atoms with van der Waals surface area (Å²) in [6.45, 7) is 0.128. The van der Waals surface area contributed by atoms with Gasteiger partial charge in [0.2, 0.25) is 5.67 Å². The van der Waals surface area contributed by atoms with E-state index in [0.29, 0.717) is 11.3 Å². The largest absolute Gasteiger partial charge is 0.444 e. The molecule has 4 nitrogen and oxygen atoms in total. The molecule has 0 unspecified atom stereocenters. The fraction of sp³-hybridized carbons (Fsp3) is 0.111. The fourth-order valence-electron chi connectivity index (χ4n) is 2.77. The molecule has 0 N–H and O–H groups in total. The lowest BCUT2D eigenvalue weighted by Crippen LogP contribution is -2.36. The molecule has 2 heterocycles. The van der Waals surface area contributed by atoms with E-state index in [1.165, 1.54) is 12.3 Å². The molecule has 5 heteroatoms. The molecule has 0 aliphatic carbocycles. The molecule has 23 heavy (non-hydrogen) atoms. The summed E-state index contributed by atoms with van der Waals surface area (Å²) in [5, 5.41) is 0. The molecule has 0 bridgehead atoms. The quantitative estimate of drug-likeness (QED) is 0.839. The lowest BCUT2D eigenvalue weighted by molar-refractivity contribution is 0.124. The summed E-state index contributed by atoms with van der Waals surface area (Å²) in [7, 11) is 0. The first-order chi connectivity index (χ1) is 11.2. The molecule has 114 valence electrons. The number of hydrogen-bond acceptors (Lipinski definition) is 3. The van der Waals surface area contributed by atoms with Gasteiger partial charge in [-0.3, -0.25) is 0 Å². The second-order valence-electron chi connectivity index (χ2n) is 5.39. The third-order valence-electron chi connectivity index (χ3n) is 3.93. The number of carbonyl (C=O) groups is 1. The van der Waals surface area contributed by atoms with E-state index in [0.717, 1.165) is 10.5 Å². The molecule has 0 fully saturated rings. The van der Waals surface area contributed by atoms with Gasteiger partial charge in [0.25, 0.3) is 0 Å². The van der Waals surface area contributed by atoms with Gasteiger partial charge in [-0.2, -0.15) is 0 Å². The molecule has 2 aromatic carbocycles. The van der Waals surface area contributed by atoms with Gasteiger partial charge in [-0.1, -0.05) is 48.5 Å². The number of carbonyl (C=O) groups excluding carboxylic acids is 1. The van der Waals surface area contributed by atoms with Crippen molar-refractivity contribution in [1.82, 2.24) is 4.90 Å². The van der Waals surface area contributed by atoms with Crippen molar-refractivity contribution in [2.75, 3.05) is 0 Å². The zero-order valence-electron chi connectivity index (χ0n) is 12.1. The summed E-state index contributed by atoms with van der Waals surface area (Å²) in [6.07, 6.45) is 2.07. The number of amides is 1. The molecular weight excluding hydrogens is 295 g/mol. The van der Waals surface area contributed by atoms with Crippen LogP contribution >= 0.6 is 0 Å². The van der Waals surface area contributed by atoms with Crippen LogP contribution in [0.15, 0.2) is 71.9 Å². The lowest BCUT2D eigenvalue weighted by atomic mass is 9.97. The van der Waals surface area contributed by atoms with Crippen LogP contribution in [0, 0.1) is 0 Å². The van der Waals surface area contributed by atoms with Crippen LogP contribution in [0.4, 0.5) is 14.9 Å². The smallest absolute Gasteiger partial charge is 0.419 e. The van der Waals surface area contributed by atoms with Gasteiger partial charge in [-0.15, -0.1) is 0 Å². The molecule has 2 aliphatic rings. The Morgan fingerprint density at radius 2 is 1.87 bits per heavy atom. The number of amidine groups is 1. The second kappa shape index (κ2) is 5.05. The Bertz CT molecular complexity index is 832. The SMILES string of the molecule is O=C(OCc1ccccc1)N1C=C[C@]2(F)C1=Nc1ccccc12. The molecular formula is C18H13FN2O2. The predicted octanol–water partition coefficient (Wildman–Crippen LogP) is 4.06. The van der Waals surface area contributed by atoms with E-state index in [-0.39, 0.29) is 12.4 Å². The van der Waals surface area contributed by atoms with Crippen LogP contribution < -0.4 is 0 Å². The van der Waals surface area contributed by atoms with Crippen LogP contribution in [0.3, 0.4) is 0 Å². The third kappa shape index (κ3) is 2.12. The normalized spacial score (nSPS) is 20.9.